The van der Waals surface area contributed by atoms with Gasteiger partial charge in [0.25, 0.3) is 5.91 Å². The van der Waals surface area contributed by atoms with Gasteiger partial charge in [0, 0.05) is 49.2 Å². The molecule has 0 spiro atoms. The van der Waals surface area contributed by atoms with Gasteiger partial charge in [-0.2, -0.15) is 0 Å². The fourth-order valence-corrected chi connectivity index (χ4v) is 6.09. The fourth-order valence-electron chi connectivity index (χ4n) is 5.20. The number of benzene rings is 1. The number of hydrogen-bond donors (Lipinski definition) is 1. The third kappa shape index (κ3) is 5.28. The van der Waals surface area contributed by atoms with E-state index in [4.69, 9.17) is 9.72 Å². The van der Waals surface area contributed by atoms with Crippen LogP contribution in [0, 0.1) is 5.41 Å². The summed E-state index contributed by atoms with van der Waals surface area (Å²) in [5, 5.41) is 6.02. The van der Waals surface area contributed by atoms with E-state index in [0.29, 0.717) is 18.5 Å². The van der Waals surface area contributed by atoms with Crippen molar-refractivity contribution in [3.63, 3.8) is 0 Å². The van der Waals surface area contributed by atoms with Crippen molar-refractivity contribution in [1.82, 2.24) is 20.1 Å². The number of likely N-dealkylation sites (N-methyl/N-ethyl adjacent to an activating group) is 1. The molecule has 37 heavy (non-hydrogen) atoms. The van der Waals surface area contributed by atoms with Gasteiger partial charge < -0.3 is 24.8 Å². The van der Waals surface area contributed by atoms with Crippen molar-refractivity contribution in [3.05, 3.63) is 35.2 Å². The lowest BCUT2D eigenvalue weighted by Gasteiger charge is -2.35. The van der Waals surface area contributed by atoms with Gasteiger partial charge in [0.1, 0.15) is 18.7 Å². The van der Waals surface area contributed by atoms with Gasteiger partial charge in [0.05, 0.1) is 11.8 Å². The number of aromatic nitrogens is 1. The molecule has 0 radical (unpaired) electrons. The maximum Gasteiger partial charge on any atom is 0.251 e. The summed E-state index contributed by atoms with van der Waals surface area (Å²) >= 11 is 1.64. The van der Waals surface area contributed by atoms with Gasteiger partial charge in [-0.3, -0.25) is 14.4 Å². The summed E-state index contributed by atoms with van der Waals surface area (Å²) in [4.78, 5) is 50.1. The van der Waals surface area contributed by atoms with Crippen molar-refractivity contribution >= 4 is 34.1 Å². The van der Waals surface area contributed by atoms with Crippen LogP contribution in [0.4, 0.5) is 5.13 Å². The van der Waals surface area contributed by atoms with Crippen molar-refractivity contribution in [1.29, 1.82) is 0 Å². The first-order valence-electron chi connectivity index (χ1n) is 12.9. The summed E-state index contributed by atoms with van der Waals surface area (Å²) in [7, 11) is 2.13. The Labute approximate surface area is 221 Å². The number of ketones is 1. The van der Waals surface area contributed by atoms with Crippen molar-refractivity contribution in [2.24, 2.45) is 5.41 Å². The van der Waals surface area contributed by atoms with Gasteiger partial charge in [0.2, 0.25) is 5.91 Å². The van der Waals surface area contributed by atoms with E-state index in [1.807, 2.05) is 38.3 Å². The van der Waals surface area contributed by atoms with Gasteiger partial charge in [-0.25, -0.2) is 4.98 Å². The summed E-state index contributed by atoms with van der Waals surface area (Å²) in [5.74, 6) is -0.619. The van der Waals surface area contributed by atoms with Crippen LogP contribution in [-0.2, 0) is 14.3 Å². The lowest BCUT2D eigenvalue weighted by molar-refractivity contribution is -0.140. The van der Waals surface area contributed by atoms with Gasteiger partial charge in [-0.15, -0.1) is 11.3 Å². The Hall–Kier alpha value is -2.82. The van der Waals surface area contributed by atoms with Crippen LogP contribution in [0.25, 0.3) is 11.3 Å². The first-order valence-corrected chi connectivity index (χ1v) is 13.7. The van der Waals surface area contributed by atoms with E-state index >= 15 is 0 Å². The summed E-state index contributed by atoms with van der Waals surface area (Å²) in [6, 6.07) is 6.02. The number of hydrogen-bond acceptors (Lipinski definition) is 8. The normalized spacial score (nSPS) is 23.3. The highest BCUT2D eigenvalue weighted by Gasteiger charge is 2.49. The molecule has 198 valence electrons. The van der Waals surface area contributed by atoms with Crippen LogP contribution in [0.5, 0.6) is 0 Å². The van der Waals surface area contributed by atoms with Gasteiger partial charge in [0.15, 0.2) is 10.9 Å². The molecule has 1 aromatic carbocycles. The van der Waals surface area contributed by atoms with Crippen molar-refractivity contribution < 1.29 is 19.1 Å². The Balaban J connectivity index is 1.27. The second kappa shape index (κ2) is 10.2. The summed E-state index contributed by atoms with van der Waals surface area (Å²) in [6.07, 6.45) is 0.407. The molecule has 1 unspecified atom stereocenters. The molecule has 2 amide bonds. The van der Waals surface area contributed by atoms with E-state index in [1.54, 1.807) is 28.4 Å². The molecule has 3 aliphatic heterocycles. The highest BCUT2D eigenvalue weighted by molar-refractivity contribution is 7.14. The molecule has 0 bridgehead atoms. The van der Waals surface area contributed by atoms with Crippen LogP contribution in [0.2, 0.25) is 0 Å². The van der Waals surface area contributed by atoms with Gasteiger partial charge >= 0.3 is 0 Å². The quantitative estimate of drug-likeness (QED) is 0.640. The Bertz CT molecular complexity index is 1170. The maximum atomic E-state index is 13.5. The number of carbonyl (C=O) groups is 3. The van der Waals surface area contributed by atoms with E-state index in [1.165, 1.54) is 0 Å². The van der Waals surface area contributed by atoms with E-state index in [-0.39, 0.29) is 30.3 Å². The molecule has 1 N–H and O–H groups in total. The minimum Gasteiger partial charge on any atom is -0.368 e. The first-order chi connectivity index (χ1) is 17.6. The van der Waals surface area contributed by atoms with Crippen LogP contribution >= 0.6 is 11.3 Å². The molecular formula is C27H35N5O4S. The predicted octanol–water partition coefficient (Wildman–Crippen LogP) is 2.28. The average molecular weight is 526 g/mol. The molecule has 3 atom stereocenters. The zero-order valence-electron chi connectivity index (χ0n) is 21.9. The molecule has 4 heterocycles. The number of carbonyl (C=O) groups excluding carboxylic acids is 3. The molecule has 3 aliphatic rings. The second-order valence-electron chi connectivity index (χ2n) is 11.2. The molecular weight excluding hydrogens is 490 g/mol. The lowest BCUT2D eigenvalue weighted by Crippen LogP contribution is -2.57. The smallest absolute Gasteiger partial charge is 0.251 e. The van der Waals surface area contributed by atoms with Gasteiger partial charge in [-0.1, -0.05) is 32.9 Å². The van der Waals surface area contributed by atoms with E-state index < -0.39 is 17.5 Å². The monoisotopic (exact) mass is 525 g/mol. The molecule has 10 heteroatoms. The molecule has 0 saturated carbocycles. The number of anilines is 1. The highest BCUT2D eigenvalue weighted by Crippen LogP contribution is 2.31. The number of likely N-dealkylation sites (tertiary alicyclic amines) is 1. The minimum atomic E-state index is -0.767. The molecule has 3 fully saturated rings. The van der Waals surface area contributed by atoms with E-state index in [0.717, 1.165) is 42.6 Å². The van der Waals surface area contributed by atoms with Crippen LogP contribution < -0.4 is 10.2 Å². The number of Topliss-reactive ketones (excluding diaryl/α,β-unsaturated/α-hetero) is 1. The van der Waals surface area contributed by atoms with Crippen LogP contribution in [-0.4, -0.2) is 96.9 Å². The Kier molecular flexibility index (Phi) is 7.08. The maximum absolute atomic E-state index is 13.5. The zero-order chi connectivity index (χ0) is 26.3. The van der Waals surface area contributed by atoms with Crippen molar-refractivity contribution in [2.75, 3.05) is 51.3 Å². The number of nitrogens with zero attached hydrogens (tertiary/aromatic N) is 4. The largest absolute Gasteiger partial charge is 0.368 e. The van der Waals surface area contributed by atoms with Gasteiger partial charge in [-0.05, 0) is 31.0 Å². The van der Waals surface area contributed by atoms with Crippen LogP contribution in [0.15, 0.2) is 29.6 Å². The van der Waals surface area contributed by atoms with E-state index in [2.05, 4.69) is 22.2 Å². The number of amides is 2. The number of nitrogens with one attached hydrogen (secondary N) is 1. The van der Waals surface area contributed by atoms with Crippen LogP contribution in [0.1, 0.15) is 37.6 Å². The second-order valence-corrected chi connectivity index (χ2v) is 12.1. The molecule has 1 aromatic heterocycles. The molecule has 5 rings (SSSR count). The molecule has 9 nitrogen and oxygen atoms in total. The summed E-state index contributed by atoms with van der Waals surface area (Å²) in [5.41, 5.74) is 1.77. The Morgan fingerprint density at radius 1 is 1.11 bits per heavy atom. The Morgan fingerprint density at radius 2 is 1.81 bits per heavy atom. The van der Waals surface area contributed by atoms with Crippen molar-refractivity contribution in [2.45, 2.75) is 45.4 Å². The highest BCUT2D eigenvalue weighted by atomic mass is 32.1. The number of thiazole rings is 1. The molecule has 2 aromatic rings. The lowest BCUT2D eigenvalue weighted by atomic mass is 9.85. The first kappa shape index (κ1) is 25.8. The fraction of sp³-hybridized carbons (Fsp3) is 0.556. The Morgan fingerprint density at radius 3 is 2.49 bits per heavy atom. The number of piperazine rings is 1. The summed E-state index contributed by atoms with van der Waals surface area (Å²) in [6.45, 7) is 10.2. The molecule has 3 saturated heterocycles. The van der Waals surface area contributed by atoms with E-state index in [9.17, 15) is 14.4 Å². The SMILES string of the molecule is CN1CCN(c2nc(-c3ccc(C(=O)NC(C(=O)N4CC[C@H]5OCC(=O)[C@H]54)C(C)(C)C)cc3)cs2)CC1. The number of rotatable bonds is 5. The third-order valence-electron chi connectivity index (χ3n) is 7.49. The van der Waals surface area contributed by atoms with Crippen molar-refractivity contribution in [3.8, 4) is 11.3 Å². The average Bonchev–Trinajstić information content (AvgIpc) is 3.60. The molecule has 0 aliphatic carbocycles. The number of ether oxygens (including phenoxy) is 1. The topological polar surface area (TPSA) is 95.1 Å². The number of fused-ring (bicyclic) bond motifs is 1. The standard InChI is InChI=1S/C27H35N5O4S/c1-27(2,3)23(25(35)32-10-9-21-22(32)20(33)15-36-21)29-24(34)18-7-5-17(6-8-18)19-16-37-26(28-19)31-13-11-30(4)12-14-31/h5-8,16,21-23H,9-15H2,1-4H3,(H,29,34)/t21-,22-,23?/m1/s1. The predicted molar refractivity (Wildman–Crippen MR) is 143 cm³/mol. The summed E-state index contributed by atoms with van der Waals surface area (Å²) < 4.78 is 5.53. The van der Waals surface area contributed by atoms with Crippen LogP contribution in [0.3, 0.4) is 0 Å². The zero-order valence-corrected chi connectivity index (χ0v) is 22.7. The minimum absolute atomic E-state index is 0.0495. The third-order valence-corrected chi connectivity index (χ3v) is 8.39.